The number of para-hydroxylation sites is 4. The maximum Gasteiger partial charge on any atom is 0.190 e. The highest BCUT2D eigenvalue weighted by molar-refractivity contribution is 7.27. The Hall–Kier alpha value is -3.10. The first-order valence-electron chi connectivity index (χ1n) is 7.90. The van der Waals surface area contributed by atoms with Gasteiger partial charge in [-0.15, -0.1) is 0 Å². The summed E-state index contributed by atoms with van der Waals surface area (Å²) < 4.78 is 0. The summed E-state index contributed by atoms with van der Waals surface area (Å²) in [7, 11) is 0. The molecule has 0 aliphatic carbocycles. The van der Waals surface area contributed by atoms with Crippen LogP contribution in [-0.2, 0) is 0 Å². The van der Waals surface area contributed by atoms with Crippen LogP contribution < -0.4 is 0 Å². The molecule has 26 heavy (non-hydrogen) atoms. The molecule has 122 valence electrons. The Morgan fingerprint density at radius 2 is 0.846 bits per heavy atom. The van der Waals surface area contributed by atoms with Crippen LogP contribution in [0.3, 0.4) is 0 Å². The van der Waals surface area contributed by atoms with Crippen molar-refractivity contribution in [2.75, 3.05) is 0 Å². The summed E-state index contributed by atoms with van der Waals surface area (Å²) in [4.78, 5) is 29.4. The highest BCUT2D eigenvalue weighted by atomic mass is 32.1. The first-order chi connectivity index (χ1) is 12.8. The molecule has 0 bridgehead atoms. The monoisotopic (exact) mass is 372 g/mol. The van der Waals surface area contributed by atoms with Gasteiger partial charge in [0.1, 0.15) is 0 Å². The molecule has 0 N–H and O–H groups in total. The zero-order valence-corrected chi connectivity index (χ0v) is 14.8. The molecule has 0 aliphatic heterocycles. The molecule has 6 nitrogen and oxygen atoms in total. The minimum atomic E-state index is 0.647. The summed E-state index contributed by atoms with van der Waals surface area (Å²) in [5.74, 6) is 0. The van der Waals surface area contributed by atoms with Gasteiger partial charge in [0.05, 0.1) is 22.1 Å². The van der Waals surface area contributed by atoms with Crippen LogP contribution in [0.1, 0.15) is 0 Å². The van der Waals surface area contributed by atoms with E-state index < -0.39 is 0 Å². The third kappa shape index (κ3) is 2.09. The van der Waals surface area contributed by atoms with Crippen LogP contribution in [0.2, 0.25) is 0 Å². The fourth-order valence-electron chi connectivity index (χ4n) is 2.84. The van der Waals surface area contributed by atoms with Crippen molar-refractivity contribution in [2.24, 2.45) is 0 Å². The largest absolute Gasteiger partial charge is 0.232 e. The van der Waals surface area contributed by atoms with Gasteiger partial charge in [-0.05, 0) is 24.3 Å². The van der Waals surface area contributed by atoms with Crippen molar-refractivity contribution in [1.29, 1.82) is 0 Å². The van der Waals surface area contributed by atoms with Crippen LogP contribution in [0.5, 0.6) is 0 Å². The zero-order chi connectivity index (χ0) is 17.1. The van der Waals surface area contributed by atoms with Crippen LogP contribution in [-0.4, -0.2) is 29.9 Å². The smallest absolute Gasteiger partial charge is 0.190 e. The molecule has 0 aliphatic rings. The second-order valence-electron chi connectivity index (χ2n) is 5.72. The second-order valence-corrected chi connectivity index (χ2v) is 7.68. The minimum absolute atomic E-state index is 0.647. The Morgan fingerprint density at radius 1 is 0.462 bits per heavy atom. The maximum atomic E-state index is 4.66. The Morgan fingerprint density at radius 3 is 1.27 bits per heavy atom. The lowest BCUT2D eigenvalue weighted by molar-refractivity contribution is 1.31. The first kappa shape index (κ1) is 14.1. The topological polar surface area (TPSA) is 77.3 Å². The average molecular weight is 372 g/mol. The van der Waals surface area contributed by atoms with E-state index in [0.29, 0.717) is 11.3 Å². The number of fused-ring (bicyclic) bond motifs is 4. The van der Waals surface area contributed by atoms with Crippen LogP contribution in [0.25, 0.3) is 53.0 Å². The summed E-state index contributed by atoms with van der Waals surface area (Å²) in [6, 6.07) is 15.6. The summed E-state index contributed by atoms with van der Waals surface area (Å²) in [6.07, 6.45) is 0. The van der Waals surface area contributed by atoms with Crippen molar-refractivity contribution < 1.29 is 0 Å². The molecular weight excluding hydrogens is 364 g/mol. The third-order valence-electron chi connectivity index (χ3n) is 4.03. The second kappa shape index (κ2) is 5.20. The summed E-state index contributed by atoms with van der Waals surface area (Å²) in [5.41, 5.74) is 4.72. The van der Waals surface area contributed by atoms with Gasteiger partial charge in [0.15, 0.2) is 31.0 Å². The summed E-state index contributed by atoms with van der Waals surface area (Å²) in [5, 5.41) is 1.59. The van der Waals surface area contributed by atoms with Crippen LogP contribution >= 0.6 is 22.7 Å². The predicted molar refractivity (Wildman–Crippen MR) is 104 cm³/mol. The normalized spacial score (nSPS) is 11.8. The number of thiazole rings is 2. The van der Waals surface area contributed by atoms with Gasteiger partial charge >= 0.3 is 0 Å². The van der Waals surface area contributed by atoms with Gasteiger partial charge in [-0.2, -0.15) is 0 Å². The van der Waals surface area contributed by atoms with E-state index in [2.05, 4.69) is 29.9 Å². The number of aromatic nitrogens is 6. The van der Waals surface area contributed by atoms with Gasteiger partial charge in [0.2, 0.25) is 0 Å². The molecule has 0 saturated carbocycles. The quantitative estimate of drug-likeness (QED) is 0.424. The fraction of sp³-hybridized carbons (Fsp3) is 0. The molecule has 0 radical (unpaired) electrons. The van der Waals surface area contributed by atoms with E-state index in [0.717, 1.165) is 41.7 Å². The molecule has 0 fully saturated rings. The van der Waals surface area contributed by atoms with Gasteiger partial charge in [-0.3, -0.25) is 0 Å². The van der Waals surface area contributed by atoms with Crippen molar-refractivity contribution in [3.05, 3.63) is 48.5 Å². The Kier molecular flexibility index (Phi) is 2.82. The van der Waals surface area contributed by atoms with E-state index in [9.17, 15) is 0 Å². The maximum absolute atomic E-state index is 4.66. The van der Waals surface area contributed by atoms with Crippen molar-refractivity contribution in [3.63, 3.8) is 0 Å². The molecule has 2 aromatic carbocycles. The Labute approximate surface area is 154 Å². The van der Waals surface area contributed by atoms with Crippen molar-refractivity contribution in [3.8, 4) is 10.0 Å². The molecule has 8 heteroatoms. The number of rotatable bonds is 1. The van der Waals surface area contributed by atoms with Crippen LogP contribution in [0.4, 0.5) is 0 Å². The first-order valence-corrected chi connectivity index (χ1v) is 9.54. The summed E-state index contributed by atoms with van der Waals surface area (Å²) in [6.45, 7) is 0. The molecule has 0 unspecified atom stereocenters. The molecule has 0 saturated heterocycles. The van der Waals surface area contributed by atoms with E-state index in [4.69, 9.17) is 0 Å². The van der Waals surface area contributed by atoms with Crippen molar-refractivity contribution >= 4 is 65.7 Å². The average Bonchev–Trinajstić information content (AvgIpc) is 3.27. The van der Waals surface area contributed by atoms with Crippen molar-refractivity contribution in [1.82, 2.24) is 29.9 Å². The highest BCUT2D eigenvalue weighted by Gasteiger charge is 2.15. The number of benzene rings is 2. The number of hydrogen-bond donors (Lipinski definition) is 0. The molecule has 0 spiro atoms. The van der Waals surface area contributed by atoms with Gasteiger partial charge in [-0.1, -0.05) is 46.9 Å². The third-order valence-corrected chi connectivity index (χ3v) is 6.05. The lowest BCUT2D eigenvalue weighted by Crippen LogP contribution is -1.84. The fourth-order valence-corrected chi connectivity index (χ4v) is 4.64. The molecule has 6 aromatic rings. The lowest BCUT2D eigenvalue weighted by atomic mass is 10.3. The Balaban J connectivity index is 1.56. The number of nitrogens with zero attached hydrogens (tertiary/aromatic N) is 6. The van der Waals surface area contributed by atoms with E-state index in [1.807, 2.05) is 48.5 Å². The van der Waals surface area contributed by atoms with Gasteiger partial charge in [0, 0.05) is 0 Å². The molecule has 0 atom stereocenters. The molecule has 6 rings (SSSR count). The van der Waals surface area contributed by atoms with E-state index in [1.54, 1.807) is 0 Å². The molecule has 4 aromatic heterocycles. The van der Waals surface area contributed by atoms with Gasteiger partial charge in [0.25, 0.3) is 0 Å². The van der Waals surface area contributed by atoms with Crippen LogP contribution in [0, 0.1) is 0 Å². The molecule has 4 heterocycles. The van der Waals surface area contributed by atoms with Gasteiger partial charge in [-0.25, -0.2) is 29.9 Å². The van der Waals surface area contributed by atoms with E-state index >= 15 is 0 Å². The molecule has 0 amide bonds. The van der Waals surface area contributed by atoms with Crippen LogP contribution in [0.15, 0.2) is 48.5 Å². The Bertz CT molecular complexity index is 1240. The van der Waals surface area contributed by atoms with Crippen molar-refractivity contribution in [2.45, 2.75) is 0 Å². The predicted octanol–water partition coefficient (Wildman–Crippen LogP) is 4.46. The minimum Gasteiger partial charge on any atom is -0.232 e. The standard InChI is InChI=1S/C18H8N6S2/c1-3-7-11-9(5-1)19-13-15(21-11)25-17(23-13)18-24-14-16(26-18)22-12-8-4-2-6-10(12)20-14/h1-8H. The number of hydrogen-bond acceptors (Lipinski definition) is 8. The van der Waals surface area contributed by atoms with E-state index in [1.165, 1.54) is 22.7 Å². The lowest BCUT2D eigenvalue weighted by Gasteiger charge is -1.93. The molecular formula is C18H8N6S2. The highest BCUT2D eigenvalue weighted by Crippen LogP contribution is 2.34. The van der Waals surface area contributed by atoms with E-state index in [-0.39, 0.29) is 0 Å². The SMILES string of the molecule is c1ccc2nc3sc(-c4nc5nc6ccccc6nc5s4)nc3nc2c1. The van der Waals surface area contributed by atoms with Gasteiger partial charge < -0.3 is 0 Å². The zero-order valence-electron chi connectivity index (χ0n) is 13.1. The summed E-state index contributed by atoms with van der Waals surface area (Å²) >= 11 is 2.98.